The molecule has 0 amide bonds. The van der Waals surface area contributed by atoms with Crippen molar-refractivity contribution in [2.24, 2.45) is 0 Å². The summed E-state index contributed by atoms with van der Waals surface area (Å²) >= 11 is 1.59. The van der Waals surface area contributed by atoms with Crippen LogP contribution in [0.15, 0.2) is 70.5 Å². The zero-order valence-electron chi connectivity index (χ0n) is 13.5. The van der Waals surface area contributed by atoms with Crippen LogP contribution in [0.5, 0.6) is 0 Å². The van der Waals surface area contributed by atoms with Crippen molar-refractivity contribution in [1.29, 1.82) is 0 Å². The SMILES string of the molecule is Fc1cccc(-c2nc(/C=C/c3cccs3)oc2-c2cccc(F)c2)c1. The molecule has 0 aliphatic heterocycles. The highest BCUT2D eigenvalue weighted by Crippen LogP contribution is 2.33. The smallest absolute Gasteiger partial charge is 0.220 e. The van der Waals surface area contributed by atoms with Crippen LogP contribution in [-0.2, 0) is 0 Å². The first-order valence-corrected chi connectivity index (χ1v) is 8.81. The molecule has 0 saturated heterocycles. The number of halogens is 2. The fraction of sp³-hybridized carbons (Fsp3) is 0. The first-order chi connectivity index (χ1) is 12.7. The number of oxazole rings is 1. The summed E-state index contributed by atoms with van der Waals surface area (Å²) in [5.41, 5.74) is 1.59. The average molecular weight is 365 g/mol. The van der Waals surface area contributed by atoms with E-state index in [4.69, 9.17) is 4.42 Å². The fourth-order valence-corrected chi connectivity index (χ4v) is 3.22. The van der Waals surface area contributed by atoms with Crippen molar-refractivity contribution in [3.05, 3.63) is 88.4 Å². The van der Waals surface area contributed by atoms with E-state index >= 15 is 0 Å². The maximum atomic E-state index is 13.7. The molecule has 0 unspecified atom stereocenters. The summed E-state index contributed by atoms with van der Waals surface area (Å²) < 4.78 is 33.2. The van der Waals surface area contributed by atoms with Crippen molar-refractivity contribution in [3.63, 3.8) is 0 Å². The first-order valence-electron chi connectivity index (χ1n) is 7.93. The van der Waals surface area contributed by atoms with Gasteiger partial charge in [-0.25, -0.2) is 13.8 Å². The van der Waals surface area contributed by atoms with Crippen LogP contribution in [-0.4, -0.2) is 4.98 Å². The molecule has 2 aromatic carbocycles. The van der Waals surface area contributed by atoms with Crippen LogP contribution >= 0.6 is 11.3 Å². The lowest BCUT2D eigenvalue weighted by atomic mass is 10.1. The van der Waals surface area contributed by atoms with Crippen molar-refractivity contribution in [2.45, 2.75) is 0 Å². The molecular formula is C21H13F2NOS. The molecule has 2 nitrogen and oxygen atoms in total. The molecule has 2 aromatic heterocycles. The van der Waals surface area contributed by atoms with Gasteiger partial charge in [0, 0.05) is 22.1 Å². The summed E-state index contributed by atoms with van der Waals surface area (Å²) in [6, 6.07) is 16.1. The van der Waals surface area contributed by atoms with Crippen LogP contribution in [0.4, 0.5) is 8.78 Å². The number of aromatic nitrogens is 1. The third-order valence-corrected chi connectivity index (χ3v) is 4.60. The lowest BCUT2D eigenvalue weighted by molar-refractivity contribution is 0.559. The molecule has 4 aromatic rings. The van der Waals surface area contributed by atoms with E-state index in [1.54, 1.807) is 41.7 Å². The summed E-state index contributed by atoms with van der Waals surface area (Å²) in [7, 11) is 0. The summed E-state index contributed by atoms with van der Waals surface area (Å²) in [4.78, 5) is 5.55. The molecule has 0 atom stereocenters. The monoisotopic (exact) mass is 365 g/mol. The highest BCUT2D eigenvalue weighted by Gasteiger charge is 2.17. The average Bonchev–Trinajstić information content (AvgIpc) is 3.30. The van der Waals surface area contributed by atoms with Crippen LogP contribution in [0.25, 0.3) is 34.7 Å². The third-order valence-electron chi connectivity index (χ3n) is 3.76. The molecular weight excluding hydrogens is 352 g/mol. The predicted octanol–water partition coefficient (Wildman–Crippen LogP) is 6.52. The topological polar surface area (TPSA) is 26.0 Å². The van der Waals surface area contributed by atoms with E-state index in [1.165, 1.54) is 24.3 Å². The summed E-state index contributed by atoms with van der Waals surface area (Å²) in [6.07, 6.45) is 3.64. The molecule has 26 heavy (non-hydrogen) atoms. The van der Waals surface area contributed by atoms with Crippen molar-refractivity contribution >= 4 is 23.5 Å². The number of hydrogen-bond acceptors (Lipinski definition) is 3. The summed E-state index contributed by atoms with van der Waals surface area (Å²) in [5, 5.41) is 1.98. The largest absolute Gasteiger partial charge is 0.436 e. The second kappa shape index (κ2) is 7.06. The fourth-order valence-electron chi connectivity index (χ4n) is 2.60. The minimum atomic E-state index is -0.375. The van der Waals surface area contributed by atoms with E-state index in [-0.39, 0.29) is 11.6 Å². The third kappa shape index (κ3) is 3.48. The van der Waals surface area contributed by atoms with Gasteiger partial charge in [0.1, 0.15) is 17.3 Å². The lowest BCUT2D eigenvalue weighted by Gasteiger charge is -2.02. The van der Waals surface area contributed by atoms with E-state index in [0.29, 0.717) is 28.5 Å². The van der Waals surface area contributed by atoms with Gasteiger partial charge in [-0.3, -0.25) is 0 Å². The van der Waals surface area contributed by atoms with Gasteiger partial charge in [-0.15, -0.1) is 11.3 Å². The molecule has 0 radical (unpaired) electrons. The Balaban J connectivity index is 1.82. The number of benzene rings is 2. The van der Waals surface area contributed by atoms with Crippen LogP contribution in [0.2, 0.25) is 0 Å². The van der Waals surface area contributed by atoms with Crippen molar-refractivity contribution in [2.75, 3.05) is 0 Å². The van der Waals surface area contributed by atoms with Gasteiger partial charge in [0.05, 0.1) is 0 Å². The molecule has 0 fully saturated rings. The van der Waals surface area contributed by atoms with E-state index < -0.39 is 0 Å². The quantitative estimate of drug-likeness (QED) is 0.411. The van der Waals surface area contributed by atoms with Gasteiger partial charge < -0.3 is 4.42 Å². The molecule has 0 aliphatic rings. The van der Waals surface area contributed by atoms with Crippen molar-refractivity contribution in [3.8, 4) is 22.6 Å². The molecule has 128 valence electrons. The minimum absolute atomic E-state index is 0.369. The zero-order chi connectivity index (χ0) is 17.9. The number of nitrogens with zero attached hydrogens (tertiary/aromatic N) is 1. The van der Waals surface area contributed by atoms with E-state index in [2.05, 4.69) is 4.98 Å². The molecule has 4 rings (SSSR count). The van der Waals surface area contributed by atoms with E-state index in [9.17, 15) is 8.78 Å². The van der Waals surface area contributed by atoms with Crippen LogP contribution in [0, 0.1) is 11.6 Å². The van der Waals surface area contributed by atoms with Crippen LogP contribution < -0.4 is 0 Å². The van der Waals surface area contributed by atoms with Gasteiger partial charge in [-0.2, -0.15) is 0 Å². The Labute approximate surface area is 153 Å². The Morgan fingerprint density at radius 2 is 1.58 bits per heavy atom. The number of hydrogen-bond donors (Lipinski definition) is 0. The van der Waals surface area contributed by atoms with Crippen LogP contribution in [0.3, 0.4) is 0 Å². The second-order valence-electron chi connectivity index (χ2n) is 5.60. The first kappa shape index (κ1) is 16.4. The highest BCUT2D eigenvalue weighted by molar-refractivity contribution is 7.10. The van der Waals surface area contributed by atoms with Crippen molar-refractivity contribution < 1.29 is 13.2 Å². The van der Waals surface area contributed by atoms with Gasteiger partial charge in [-0.1, -0.05) is 30.3 Å². The highest BCUT2D eigenvalue weighted by atomic mass is 32.1. The maximum Gasteiger partial charge on any atom is 0.220 e. The molecule has 2 heterocycles. The zero-order valence-corrected chi connectivity index (χ0v) is 14.3. The van der Waals surface area contributed by atoms with Crippen molar-refractivity contribution in [1.82, 2.24) is 4.98 Å². The molecule has 0 aliphatic carbocycles. The van der Waals surface area contributed by atoms with E-state index in [1.807, 2.05) is 23.6 Å². The van der Waals surface area contributed by atoms with E-state index in [0.717, 1.165) is 4.88 Å². The number of thiophene rings is 1. The molecule has 0 spiro atoms. The standard InChI is InChI=1S/C21H13F2NOS/c22-16-6-1-4-14(12-16)20-21(15-5-2-7-17(23)13-15)25-19(24-20)10-9-18-8-3-11-26-18/h1-13H/b10-9+. The molecule has 0 N–H and O–H groups in total. The van der Waals surface area contributed by atoms with Crippen LogP contribution in [0.1, 0.15) is 10.8 Å². The summed E-state index contributed by atoms with van der Waals surface area (Å²) in [5.74, 6) is 0.0315. The second-order valence-corrected chi connectivity index (χ2v) is 6.58. The normalized spacial score (nSPS) is 11.3. The van der Waals surface area contributed by atoms with Gasteiger partial charge in [0.2, 0.25) is 5.89 Å². The molecule has 0 saturated carbocycles. The molecule has 0 bridgehead atoms. The Hall–Kier alpha value is -3.05. The number of rotatable bonds is 4. The van der Waals surface area contributed by atoms with Gasteiger partial charge in [0.15, 0.2) is 5.76 Å². The Morgan fingerprint density at radius 1 is 0.846 bits per heavy atom. The molecule has 5 heteroatoms. The Kier molecular flexibility index (Phi) is 4.46. The Morgan fingerprint density at radius 3 is 2.27 bits per heavy atom. The summed E-state index contributed by atoms with van der Waals surface area (Å²) in [6.45, 7) is 0. The minimum Gasteiger partial charge on any atom is -0.436 e. The Bertz CT molecular complexity index is 1000. The van der Waals surface area contributed by atoms with Gasteiger partial charge in [-0.05, 0) is 41.8 Å². The predicted molar refractivity (Wildman–Crippen MR) is 101 cm³/mol. The van der Waals surface area contributed by atoms with Gasteiger partial charge in [0.25, 0.3) is 0 Å². The lowest BCUT2D eigenvalue weighted by Crippen LogP contribution is -1.85. The maximum absolute atomic E-state index is 13.7. The van der Waals surface area contributed by atoms with Gasteiger partial charge >= 0.3 is 0 Å².